The van der Waals surface area contributed by atoms with Crippen molar-refractivity contribution in [2.45, 2.75) is 38.2 Å². The van der Waals surface area contributed by atoms with Crippen LogP contribution in [0, 0.1) is 5.92 Å². The summed E-state index contributed by atoms with van der Waals surface area (Å²) < 4.78 is 5.19. The number of hydrogen-bond acceptors (Lipinski definition) is 1. The number of rotatable bonds is 6. The minimum absolute atomic E-state index is 0.658. The molecule has 3 aromatic carbocycles. The van der Waals surface area contributed by atoms with E-state index in [1.54, 1.807) is 7.11 Å². The Kier molecular flexibility index (Phi) is 6.27. The van der Waals surface area contributed by atoms with Gasteiger partial charge in [-0.1, -0.05) is 78.9 Å². The van der Waals surface area contributed by atoms with Gasteiger partial charge in [0.15, 0.2) is 0 Å². The molecule has 0 bridgehead atoms. The molecule has 29 heavy (non-hydrogen) atoms. The van der Waals surface area contributed by atoms with Crippen LogP contribution < -0.4 is 0 Å². The molecule has 1 fully saturated rings. The van der Waals surface area contributed by atoms with Gasteiger partial charge in [0.2, 0.25) is 0 Å². The summed E-state index contributed by atoms with van der Waals surface area (Å²) in [5.41, 5.74) is 7.73. The van der Waals surface area contributed by atoms with Crippen LogP contribution in [0.3, 0.4) is 0 Å². The number of ether oxygens (including phenoxy) is 1. The van der Waals surface area contributed by atoms with Crippen molar-refractivity contribution < 1.29 is 4.74 Å². The van der Waals surface area contributed by atoms with E-state index in [9.17, 15) is 0 Å². The van der Waals surface area contributed by atoms with E-state index in [1.807, 2.05) is 0 Å². The maximum absolute atomic E-state index is 5.19. The lowest BCUT2D eigenvalue weighted by atomic mass is 9.78. The molecule has 0 spiro atoms. The third kappa shape index (κ3) is 4.68. The first-order valence-electron chi connectivity index (χ1n) is 10.7. The molecule has 1 nitrogen and oxygen atoms in total. The predicted octanol–water partition coefficient (Wildman–Crippen LogP) is 7.63. The third-order valence-corrected chi connectivity index (χ3v) is 6.30. The second-order valence-electron chi connectivity index (χ2n) is 8.18. The number of methoxy groups -OCH3 is 1. The molecule has 4 rings (SSSR count). The summed E-state index contributed by atoms with van der Waals surface area (Å²) >= 11 is 0. The van der Waals surface area contributed by atoms with Crippen molar-refractivity contribution in [1.82, 2.24) is 0 Å². The molecule has 0 N–H and O–H groups in total. The van der Waals surface area contributed by atoms with Gasteiger partial charge in [-0.2, -0.15) is 0 Å². The van der Waals surface area contributed by atoms with E-state index in [2.05, 4.69) is 85.5 Å². The number of allylic oxidation sites excluding steroid dienone is 1. The van der Waals surface area contributed by atoms with E-state index in [4.69, 9.17) is 4.74 Å². The zero-order chi connectivity index (χ0) is 20.1. The maximum atomic E-state index is 5.19. The lowest BCUT2D eigenvalue weighted by Gasteiger charge is -2.27. The first kappa shape index (κ1) is 19.7. The monoisotopic (exact) mass is 382 g/mol. The predicted molar refractivity (Wildman–Crippen MR) is 123 cm³/mol. The largest absolute Gasteiger partial charge is 0.380 e. The first-order valence-corrected chi connectivity index (χ1v) is 10.7. The lowest BCUT2D eigenvalue weighted by Crippen LogP contribution is -2.11. The van der Waals surface area contributed by atoms with Gasteiger partial charge in [0.1, 0.15) is 0 Å². The fourth-order valence-corrected chi connectivity index (χ4v) is 4.45. The summed E-state index contributed by atoms with van der Waals surface area (Å²) in [4.78, 5) is 0. The first-order chi connectivity index (χ1) is 14.3. The van der Waals surface area contributed by atoms with E-state index in [1.165, 1.54) is 59.1 Å². The van der Waals surface area contributed by atoms with Gasteiger partial charge in [-0.3, -0.25) is 0 Å². The van der Waals surface area contributed by atoms with Crippen molar-refractivity contribution in [2.75, 3.05) is 7.11 Å². The lowest BCUT2D eigenvalue weighted by molar-refractivity contribution is 0.185. The fraction of sp³-hybridized carbons (Fsp3) is 0.286. The molecule has 0 heterocycles. The summed E-state index contributed by atoms with van der Waals surface area (Å²) in [7, 11) is 1.73. The van der Waals surface area contributed by atoms with Crippen molar-refractivity contribution in [3.8, 4) is 22.3 Å². The molecular formula is C28H30O. The van der Waals surface area contributed by atoms with E-state index in [-0.39, 0.29) is 0 Å². The van der Waals surface area contributed by atoms with Gasteiger partial charge in [-0.15, -0.1) is 6.58 Å². The third-order valence-electron chi connectivity index (χ3n) is 6.30. The smallest absolute Gasteiger partial charge is 0.0713 e. The highest BCUT2D eigenvalue weighted by Gasteiger charge is 2.20. The van der Waals surface area contributed by atoms with Crippen molar-refractivity contribution in [3.63, 3.8) is 0 Å². The number of benzene rings is 3. The maximum Gasteiger partial charge on any atom is 0.0713 e. The van der Waals surface area contributed by atoms with Crippen LogP contribution in [-0.4, -0.2) is 7.11 Å². The second-order valence-corrected chi connectivity index (χ2v) is 8.18. The molecule has 0 aromatic heterocycles. The molecule has 0 atom stereocenters. The van der Waals surface area contributed by atoms with Crippen molar-refractivity contribution in [3.05, 3.63) is 96.6 Å². The molecule has 0 radical (unpaired) electrons. The molecule has 1 aliphatic rings. The van der Waals surface area contributed by atoms with Crippen molar-refractivity contribution in [1.29, 1.82) is 0 Å². The molecule has 0 saturated heterocycles. The molecule has 1 aliphatic carbocycles. The molecule has 3 aromatic rings. The van der Waals surface area contributed by atoms with Crippen LogP contribution in [-0.2, 0) is 11.3 Å². The Balaban J connectivity index is 1.44. The van der Waals surface area contributed by atoms with E-state index in [0.717, 1.165) is 5.92 Å². The van der Waals surface area contributed by atoms with Gasteiger partial charge in [-0.05, 0) is 70.9 Å². The molecule has 0 amide bonds. The Morgan fingerprint density at radius 3 is 1.62 bits per heavy atom. The Morgan fingerprint density at radius 1 is 0.724 bits per heavy atom. The Labute approximate surface area is 175 Å². The van der Waals surface area contributed by atoms with E-state index in [0.29, 0.717) is 12.5 Å². The molecule has 1 heteroatoms. The Morgan fingerprint density at radius 2 is 1.17 bits per heavy atom. The summed E-state index contributed by atoms with van der Waals surface area (Å²) in [6.45, 7) is 4.62. The molecular weight excluding hydrogens is 352 g/mol. The van der Waals surface area contributed by atoms with Crippen LogP contribution in [0.1, 0.15) is 42.7 Å². The van der Waals surface area contributed by atoms with Crippen molar-refractivity contribution >= 4 is 0 Å². The minimum atomic E-state index is 0.658. The summed E-state index contributed by atoms with van der Waals surface area (Å²) in [5.74, 6) is 1.43. The van der Waals surface area contributed by atoms with Crippen LogP contribution >= 0.6 is 0 Å². The second kappa shape index (κ2) is 9.24. The van der Waals surface area contributed by atoms with Crippen LogP contribution in [0.25, 0.3) is 22.3 Å². The highest BCUT2D eigenvalue weighted by Crippen LogP contribution is 2.36. The Bertz CT molecular complexity index is 912. The highest BCUT2D eigenvalue weighted by molar-refractivity contribution is 5.70. The molecule has 0 unspecified atom stereocenters. The average Bonchev–Trinajstić information content (AvgIpc) is 2.80. The van der Waals surface area contributed by atoms with Crippen LogP contribution in [0.15, 0.2) is 85.5 Å². The van der Waals surface area contributed by atoms with Gasteiger partial charge >= 0.3 is 0 Å². The van der Waals surface area contributed by atoms with Gasteiger partial charge in [-0.25, -0.2) is 0 Å². The van der Waals surface area contributed by atoms with Gasteiger partial charge in [0.05, 0.1) is 6.61 Å². The average molecular weight is 383 g/mol. The highest BCUT2D eigenvalue weighted by atomic mass is 16.5. The summed E-state index contributed by atoms with van der Waals surface area (Å²) in [6.07, 6.45) is 7.27. The number of hydrogen-bond donors (Lipinski definition) is 0. The zero-order valence-corrected chi connectivity index (χ0v) is 17.3. The van der Waals surface area contributed by atoms with Crippen molar-refractivity contribution in [2.24, 2.45) is 5.92 Å². The topological polar surface area (TPSA) is 9.23 Å². The molecule has 1 saturated carbocycles. The SMILES string of the molecule is C=CC1CCC(c2ccc(-c3ccc(-c4ccc(COC)cc4)cc3)cc2)CC1. The van der Waals surface area contributed by atoms with Crippen LogP contribution in [0.5, 0.6) is 0 Å². The summed E-state index contributed by atoms with van der Waals surface area (Å²) in [6, 6.07) is 26.7. The fourth-order valence-electron chi connectivity index (χ4n) is 4.45. The normalized spacial score (nSPS) is 19.1. The quantitative estimate of drug-likeness (QED) is 0.398. The van der Waals surface area contributed by atoms with Gasteiger partial charge in [0.25, 0.3) is 0 Å². The van der Waals surface area contributed by atoms with E-state index < -0.39 is 0 Å². The minimum Gasteiger partial charge on any atom is -0.380 e. The van der Waals surface area contributed by atoms with Gasteiger partial charge in [0, 0.05) is 7.11 Å². The van der Waals surface area contributed by atoms with Crippen LogP contribution in [0.4, 0.5) is 0 Å². The van der Waals surface area contributed by atoms with Gasteiger partial charge < -0.3 is 4.74 Å². The summed E-state index contributed by atoms with van der Waals surface area (Å²) in [5, 5.41) is 0. The van der Waals surface area contributed by atoms with Crippen LogP contribution in [0.2, 0.25) is 0 Å². The zero-order valence-electron chi connectivity index (χ0n) is 17.3. The standard InChI is InChI=1S/C28H30O/c1-3-21-4-8-23(9-5-21)25-12-16-27(17-13-25)28-18-14-26(15-19-28)24-10-6-22(7-11-24)20-29-2/h3,6-7,10-19,21,23H,1,4-5,8-9,20H2,2H3. The molecule has 148 valence electrons. The Hall–Kier alpha value is -2.64. The molecule has 0 aliphatic heterocycles. The van der Waals surface area contributed by atoms with E-state index >= 15 is 0 Å².